The van der Waals surface area contributed by atoms with E-state index in [4.69, 9.17) is 0 Å². The summed E-state index contributed by atoms with van der Waals surface area (Å²) in [5, 5.41) is 23.2. The molecule has 0 aliphatic carbocycles. The highest BCUT2D eigenvalue weighted by atomic mass is 16.6. The maximum absolute atomic E-state index is 10.8. The van der Waals surface area contributed by atoms with Gasteiger partial charge in [-0.3, -0.25) is 14.9 Å². The third kappa shape index (κ3) is 5.02. The van der Waals surface area contributed by atoms with Crippen molar-refractivity contribution in [2.45, 2.75) is 12.5 Å². The van der Waals surface area contributed by atoms with Crippen LogP contribution >= 0.6 is 0 Å². The van der Waals surface area contributed by atoms with Crippen molar-refractivity contribution >= 4 is 11.7 Å². The Balaban J connectivity index is 2.38. The van der Waals surface area contributed by atoms with E-state index in [0.717, 1.165) is 0 Å². The second kappa shape index (κ2) is 7.45. The molecule has 0 amide bonds. The first-order chi connectivity index (χ1) is 9.04. The van der Waals surface area contributed by atoms with Gasteiger partial charge in [-0.1, -0.05) is 0 Å². The quantitative estimate of drug-likeness (QED) is 0.328. The van der Waals surface area contributed by atoms with Crippen LogP contribution in [-0.4, -0.2) is 36.2 Å². The number of non-ortho nitro benzene ring substituents is 1. The standard InChI is InChI=1S/C12H16N2O5/c1-19-12(16)6-7-13-8-11(15)9-2-4-10(5-3-9)14(17)18/h2-5,11,13,15H,6-8H2,1H3/t11-/m0/s1. The van der Waals surface area contributed by atoms with Crippen molar-refractivity contribution in [3.63, 3.8) is 0 Å². The molecule has 2 N–H and O–H groups in total. The van der Waals surface area contributed by atoms with Crippen LogP contribution < -0.4 is 5.32 Å². The fourth-order valence-corrected chi connectivity index (χ4v) is 1.47. The normalized spacial score (nSPS) is 11.9. The third-order valence-corrected chi connectivity index (χ3v) is 2.56. The van der Waals surface area contributed by atoms with E-state index in [0.29, 0.717) is 12.1 Å². The summed E-state index contributed by atoms with van der Waals surface area (Å²) in [5.41, 5.74) is 0.561. The summed E-state index contributed by atoms with van der Waals surface area (Å²) in [6.45, 7) is 0.658. The van der Waals surface area contributed by atoms with Gasteiger partial charge in [-0.05, 0) is 17.7 Å². The highest BCUT2D eigenvalue weighted by Crippen LogP contribution is 2.17. The SMILES string of the molecule is COC(=O)CCNC[C@H](O)c1ccc([N+](=O)[O-])cc1. The molecule has 1 atom stereocenters. The summed E-state index contributed by atoms with van der Waals surface area (Å²) in [5.74, 6) is -0.322. The van der Waals surface area contributed by atoms with E-state index in [9.17, 15) is 20.0 Å². The number of hydrogen-bond donors (Lipinski definition) is 2. The molecule has 0 unspecified atom stereocenters. The van der Waals surface area contributed by atoms with Crippen molar-refractivity contribution in [3.05, 3.63) is 39.9 Å². The minimum absolute atomic E-state index is 0.0189. The number of nitro benzene ring substituents is 1. The predicted octanol–water partition coefficient (Wildman–Crippen LogP) is 0.781. The fraction of sp³-hybridized carbons (Fsp3) is 0.417. The van der Waals surface area contributed by atoms with E-state index in [1.54, 1.807) is 0 Å². The van der Waals surface area contributed by atoms with Gasteiger partial charge in [0.1, 0.15) is 0 Å². The van der Waals surface area contributed by atoms with Crippen LogP contribution in [0.2, 0.25) is 0 Å². The number of aliphatic hydroxyl groups excluding tert-OH is 1. The number of carbonyl (C=O) groups is 1. The van der Waals surface area contributed by atoms with Crippen LogP contribution in [0.25, 0.3) is 0 Å². The van der Waals surface area contributed by atoms with E-state index in [-0.39, 0.29) is 24.6 Å². The Labute approximate surface area is 110 Å². The summed E-state index contributed by atoms with van der Waals surface area (Å²) >= 11 is 0. The molecular weight excluding hydrogens is 252 g/mol. The number of nitrogens with one attached hydrogen (secondary N) is 1. The van der Waals surface area contributed by atoms with E-state index >= 15 is 0 Å². The molecule has 0 aromatic heterocycles. The van der Waals surface area contributed by atoms with Crippen molar-refractivity contribution in [3.8, 4) is 0 Å². The number of methoxy groups -OCH3 is 1. The second-order valence-corrected chi connectivity index (χ2v) is 3.89. The first-order valence-electron chi connectivity index (χ1n) is 5.74. The number of ether oxygens (including phenoxy) is 1. The Morgan fingerprint density at radius 3 is 2.63 bits per heavy atom. The Hall–Kier alpha value is -1.99. The highest BCUT2D eigenvalue weighted by molar-refractivity contribution is 5.69. The van der Waals surface area contributed by atoms with Crippen LogP contribution in [0.3, 0.4) is 0 Å². The summed E-state index contributed by atoms with van der Waals surface area (Å²) < 4.78 is 4.47. The van der Waals surface area contributed by atoms with Crippen molar-refractivity contribution in [1.82, 2.24) is 5.32 Å². The number of nitrogens with zero attached hydrogens (tertiary/aromatic N) is 1. The molecule has 0 saturated heterocycles. The number of rotatable bonds is 7. The van der Waals surface area contributed by atoms with Crippen LogP contribution in [-0.2, 0) is 9.53 Å². The molecule has 0 radical (unpaired) electrons. The van der Waals surface area contributed by atoms with Crippen molar-refractivity contribution in [1.29, 1.82) is 0 Å². The smallest absolute Gasteiger partial charge is 0.306 e. The molecule has 0 spiro atoms. The molecule has 0 aliphatic rings. The zero-order valence-electron chi connectivity index (χ0n) is 10.5. The zero-order valence-corrected chi connectivity index (χ0v) is 10.5. The predicted molar refractivity (Wildman–Crippen MR) is 67.6 cm³/mol. The van der Waals surface area contributed by atoms with Gasteiger partial charge in [0.15, 0.2) is 0 Å². The topological polar surface area (TPSA) is 102 Å². The largest absolute Gasteiger partial charge is 0.469 e. The summed E-state index contributed by atoms with van der Waals surface area (Å²) in [4.78, 5) is 20.8. The van der Waals surface area contributed by atoms with E-state index in [1.165, 1.54) is 31.4 Å². The Morgan fingerprint density at radius 2 is 2.11 bits per heavy atom. The van der Waals surface area contributed by atoms with Gasteiger partial charge in [-0.15, -0.1) is 0 Å². The molecular formula is C12H16N2O5. The molecule has 0 bridgehead atoms. The van der Waals surface area contributed by atoms with Gasteiger partial charge in [-0.25, -0.2) is 0 Å². The lowest BCUT2D eigenvalue weighted by atomic mass is 10.1. The van der Waals surface area contributed by atoms with Gasteiger partial charge < -0.3 is 15.2 Å². The maximum Gasteiger partial charge on any atom is 0.306 e. The minimum Gasteiger partial charge on any atom is -0.469 e. The summed E-state index contributed by atoms with van der Waals surface area (Å²) in [6.07, 6.45) is -0.554. The van der Waals surface area contributed by atoms with Crippen LogP contribution in [0.4, 0.5) is 5.69 Å². The summed E-state index contributed by atoms with van der Waals surface area (Å²) in [7, 11) is 1.31. The van der Waals surface area contributed by atoms with Crippen LogP contribution in [0.5, 0.6) is 0 Å². The van der Waals surface area contributed by atoms with E-state index in [2.05, 4.69) is 10.1 Å². The van der Waals surface area contributed by atoms with Gasteiger partial charge >= 0.3 is 5.97 Å². The Morgan fingerprint density at radius 1 is 1.47 bits per heavy atom. The Kier molecular flexibility index (Phi) is 5.91. The molecule has 0 heterocycles. The number of hydrogen-bond acceptors (Lipinski definition) is 6. The van der Waals surface area contributed by atoms with E-state index < -0.39 is 11.0 Å². The lowest BCUT2D eigenvalue weighted by molar-refractivity contribution is -0.384. The van der Waals surface area contributed by atoms with Gasteiger partial charge in [-0.2, -0.15) is 0 Å². The van der Waals surface area contributed by atoms with Gasteiger partial charge in [0.25, 0.3) is 5.69 Å². The van der Waals surface area contributed by atoms with Crippen molar-refractivity contribution in [2.24, 2.45) is 0 Å². The molecule has 1 aromatic rings. The van der Waals surface area contributed by atoms with Gasteiger partial charge in [0.05, 0.1) is 24.6 Å². The first kappa shape index (κ1) is 15.1. The zero-order chi connectivity index (χ0) is 14.3. The van der Waals surface area contributed by atoms with Gasteiger partial charge in [0.2, 0.25) is 0 Å². The molecule has 19 heavy (non-hydrogen) atoms. The van der Waals surface area contributed by atoms with Crippen LogP contribution in [0.1, 0.15) is 18.1 Å². The third-order valence-electron chi connectivity index (χ3n) is 2.56. The summed E-state index contributed by atoms with van der Waals surface area (Å²) in [6, 6.07) is 5.69. The lowest BCUT2D eigenvalue weighted by Crippen LogP contribution is -2.24. The number of esters is 1. The monoisotopic (exact) mass is 268 g/mol. The van der Waals surface area contributed by atoms with Crippen molar-refractivity contribution < 1.29 is 19.6 Å². The Bertz CT molecular complexity index is 432. The lowest BCUT2D eigenvalue weighted by Gasteiger charge is -2.11. The maximum atomic E-state index is 10.8. The van der Waals surface area contributed by atoms with E-state index in [1.807, 2.05) is 0 Å². The first-order valence-corrected chi connectivity index (χ1v) is 5.74. The molecule has 0 aliphatic heterocycles. The second-order valence-electron chi connectivity index (χ2n) is 3.89. The molecule has 7 heteroatoms. The van der Waals surface area contributed by atoms with Gasteiger partial charge in [0, 0.05) is 25.2 Å². The van der Waals surface area contributed by atoms with Crippen LogP contribution in [0.15, 0.2) is 24.3 Å². The average molecular weight is 268 g/mol. The number of nitro groups is 1. The number of aliphatic hydroxyl groups is 1. The molecule has 7 nitrogen and oxygen atoms in total. The highest BCUT2D eigenvalue weighted by Gasteiger charge is 2.10. The average Bonchev–Trinajstić information content (AvgIpc) is 2.43. The molecule has 104 valence electrons. The fourth-order valence-electron chi connectivity index (χ4n) is 1.47. The molecule has 0 saturated carbocycles. The number of benzene rings is 1. The number of carbonyl (C=O) groups excluding carboxylic acids is 1. The molecule has 1 rings (SSSR count). The minimum atomic E-state index is -0.779. The molecule has 0 fully saturated rings. The molecule has 1 aromatic carbocycles. The van der Waals surface area contributed by atoms with Crippen LogP contribution in [0, 0.1) is 10.1 Å². The van der Waals surface area contributed by atoms with Crippen molar-refractivity contribution in [2.75, 3.05) is 20.2 Å².